The summed E-state index contributed by atoms with van der Waals surface area (Å²) in [6, 6.07) is 5.19. The molecule has 3 heteroatoms. The van der Waals surface area contributed by atoms with Crippen molar-refractivity contribution in [2.24, 2.45) is 11.8 Å². The second kappa shape index (κ2) is 5.24. The molecule has 0 radical (unpaired) electrons. The van der Waals surface area contributed by atoms with Crippen LogP contribution in [0.15, 0.2) is 18.2 Å². The zero-order valence-corrected chi connectivity index (χ0v) is 11.6. The first-order chi connectivity index (χ1) is 9.13. The molecular weight excluding hydrogens is 263 g/mol. The molecule has 2 fully saturated rings. The Bertz CT molecular complexity index is 500. The third kappa shape index (κ3) is 2.69. The molecule has 1 aromatic rings. The Kier molecular flexibility index (Phi) is 3.62. The van der Waals surface area contributed by atoms with Crippen LogP contribution >= 0.6 is 11.6 Å². The lowest BCUT2D eigenvalue weighted by atomic mass is 9.66. The fourth-order valence-corrected chi connectivity index (χ4v) is 3.88. The van der Waals surface area contributed by atoms with Crippen LogP contribution in [-0.4, -0.2) is 5.78 Å². The standard InChI is InChI=1S/C16H18ClFO/c17-15-6-4-13(9-16(15)18)10-1-2-12-8-14(19)5-3-11(12)7-10/h4,6,9-12H,1-3,5,7-8H2. The van der Waals surface area contributed by atoms with Crippen LogP contribution in [-0.2, 0) is 4.79 Å². The normalized spacial score (nSPS) is 31.1. The van der Waals surface area contributed by atoms with Crippen molar-refractivity contribution in [1.29, 1.82) is 0 Å². The molecule has 2 aliphatic carbocycles. The largest absolute Gasteiger partial charge is 0.300 e. The number of halogens is 2. The Hall–Kier alpha value is -0.890. The number of rotatable bonds is 1. The highest BCUT2D eigenvalue weighted by Crippen LogP contribution is 2.45. The maximum absolute atomic E-state index is 13.5. The van der Waals surface area contributed by atoms with Crippen molar-refractivity contribution in [3.05, 3.63) is 34.6 Å². The predicted molar refractivity (Wildman–Crippen MR) is 73.8 cm³/mol. The second-order valence-corrected chi connectivity index (χ2v) is 6.39. The molecule has 1 aromatic carbocycles. The number of hydrogen-bond donors (Lipinski definition) is 0. The number of carbonyl (C=O) groups is 1. The second-order valence-electron chi connectivity index (χ2n) is 5.99. The molecule has 102 valence electrons. The SMILES string of the molecule is O=C1CCC2CC(c3ccc(Cl)c(F)c3)CCC2C1. The van der Waals surface area contributed by atoms with Gasteiger partial charge in [0.25, 0.3) is 0 Å². The van der Waals surface area contributed by atoms with Gasteiger partial charge in [-0.25, -0.2) is 4.39 Å². The van der Waals surface area contributed by atoms with E-state index in [2.05, 4.69) is 0 Å². The van der Waals surface area contributed by atoms with Crippen LogP contribution in [0.25, 0.3) is 0 Å². The molecule has 3 unspecified atom stereocenters. The lowest BCUT2D eigenvalue weighted by Gasteiger charge is -2.39. The maximum atomic E-state index is 13.5. The smallest absolute Gasteiger partial charge is 0.142 e. The number of ketones is 1. The fourth-order valence-electron chi connectivity index (χ4n) is 3.76. The summed E-state index contributed by atoms with van der Waals surface area (Å²) in [4.78, 5) is 11.5. The highest BCUT2D eigenvalue weighted by molar-refractivity contribution is 6.30. The summed E-state index contributed by atoms with van der Waals surface area (Å²) in [6.45, 7) is 0. The average molecular weight is 281 g/mol. The molecule has 0 aromatic heterocycles. The first kappa shape index (κ1) is 13.1. The third-order valence-corrected chi connectivity index (χ3v) is 5.15. The van der Waals surface area contributed by atoms with Crippen molar-refractivity contribution in [3.63, 3.8) is 0 Å². The minimum absolute atomic E-state index is 0.195. The zero-order chi connectivity index (χ0) is 13.4. The molecule has 2 aliphatic rings. The van der Waals surface area contributed by atoms with E-state index in [1.165, 1.54) is 0 Å². The van der Waals surface area contributed by atoms with Crippen LogP contribution in [0.3, 0.4) is 0 Å². The summed E-state index contributed by atoms with van der Waals surface area (Å²) < 4.78 is 13.5. The van der Waals surface area contributed by atoms with Crippen LogP contribution in [0.4, 0.5) is 4.39 Å². The Balaban J connectivity index is 1.74. The van der Waals surface area contributed by atoms with E-state index in [0.29, 0.717) is 23.5 Å². The van der Waals surface area contributed by atoms with Gasteiger partial charge < -0.3 is 0 Å². The van der Waals surface area contributed by atoms with Gasteiger partial charge in [-0.1, -0.05) is 17.7 Å². The molecule has 2 saturated carbocycles. The number of Topliss-reactive ketones (excluding diaryl/α,β-unsaturated/α-hetero) is 1. The van der Waals surface area contributed by atoms with Crippen LogP contribution in [0.2, 0.25) is 5.02 Å². The highest BCUT2D eigenvalue weighted by Gasteiger charge is 2.35. The molecule has 3 rings (SSSR count). The van der Waals surface area contributed by atoms with Crippen molar-refractivity contribution >= 4 is 17.4 Å². The minimum atomic E-state index is -0.319. The molecule has 0 N–H and O–H groups in total. The Labute approximate surface area is 118 Å². The molecule has 0 amide bonds. The number of fused-ring (bicyclic) bond motifs is 1. The molecule has 0 bridgehead atoms. The summed E-state index contributed by atoms with van der Waals surface area (Å²) in [5, 5.41) is 0.195. The molecule has 0 heterocycles. The molecule has 19 heavy (non-hydrogen) atoms. The first-order valence-electron chi connectivity index (χ1n) is 7.10. The summed E-state index contributed by atoms with van der Waals surface area (Å²) >= 11 is 5.73. The number of hydrogen-bond acceptors (Lipinski definition) is 1. The van der Waals surface area contributed by atoms with Crippen molar-refractivity contribution in [2.75, 3.05) is 0 Å². The fraction of sp³-hybridized carbons (Fsp3) is 0.562. The van der Waals surface area contributed by atoms with E-state index in [9.17, 15) is 9.18 Å². The molecule has 0 saturated heterocycles. The van der Waals surface area contributed by atoms with Gasteiger partial charge in [-0.3, -0.25) is 4.79 Å². The van der Waals surface area contributed by atoms with E-state index >= 15 is 0 Å². The van der Waals surface area contributed by atoms with Gasteiger partial charge in [-0.15, -0.1) is 0 Å². The van der Waals surface area contributed by atoms with Gasteiger partial charge in [0.15, 0.2) is 0 Å². The van der Waals surface area contributed by atoms with Crippen molar-refractivity contribution < 1.29 is 9.18 Å². The van der Waals surface area contributed by atoms with Crippen LogP contribution in [0, 0.1) is 17.7 Å². The molecule has 0 spiro atoms. The zero-order valence-electron chi connectivity index (χ0n) is 10.9. The van der Waals surface area contributed by atoms with E-state index in [0.717, 1.165) is 44.1 Å². The van der Waals surface area contributed by atoms with E-state index in [1.807, 2.05) is 6.07 Å². The lowest BCUT2D eigenvalue weighted by molar-refractivity contribution is -0.123. The Morgan fingerprint density at radius 1 is 1.16 bits per heavy atom. The van der Waals surface area contributed by atoms with Gasteiger partial charge in [-0.05, 0) is 61.1 Å². The van der Waals surface area contributed by atoms with Gasteiger partial charge in [-0.2, -0.15) is 0 Å². The van der Waals surface area contributed by atoms with Crippen molar-refractivity contribution in [3.8, 4) is 0 Å². The molecular formula is C16H18ClFO. The first-order valence-corrected chi connectivity index (χ1v) is 7.48. The predicted octanol–water partition coefficient (Wildman–Crippen LogP) is 4.73. The van der Waals surface area contributed by atoms with Crippen LogP contribution in [0.1, 0.15) is 50.0 Å². The molecule has 3 atom stereocenters. The Morgan fingerprint density at radius 3 is 2.79 bits per heavy atom. The lowest BCUT2D eigenvalue weighted by Crippen LogP contribution is -2.30. The van der Waals surface area contributed by atoms with Gasteiger partial charge in [0.1, 0.15) is 11.6 Å². The molecule has 1 nitrogen and oxygen atoms in total. The number of carbonyl (C=O) groups excluding carboxylic acids is 1. The minimum Gasteiger partial charge on any atom is -0.300 e. The van der Waals surface area contributed by atoms with E-state index in [-0.39, 0.29) is 10.8 Å². The summed E-state index contributed by atoms with van der Waals surface area (Å²) in [5.41, 5.74) is 1.07. The van der Waals surface area contributed by atoms with E-state index in [1.54, 1.807) is 12.1 Å². The van der Waals surface area contributed by atoms with Crippen LogP contribution < -0.4 is 0 Å². The monoisotopic (exact) mass is 280 g/mol. The van der Waals surface area contributed by atoms with Gasteiger partial charge in [0.2, 0.25) is 0 Å². The van der Waals surface area contributed by atoms with Gasteiger partial charge in [0, 0.05) is 12.8 Å². The third-order valence-electron chi connectivity index (χ3n) is 4.84. The van der Waals surface area contributed by atoms with E-state index in [4.69, 9.17) is 11.6 Å². The number of benzene rings is 1. The van der Waals surface area contributed by atoms with Crippen molar-refractivity contribution in [2.45, 2.75) is 44.4 Å². The Morgan fingerprint density at radius 2 is 2.00 bits per heavy atom. The summed E-state index contributed by atoms with van der Waals surface area (Å²) in [7, 11) is 0. The van der Waals surface area contributed by atoms with Gasteiger partial charge >= 0.3 is 0 Å². The quantitative estimate of drug-likeness (QED) is 0.727. The average Bonchev–Trinajstić information content (AvgIpc) is 2.41. The summed E-state index contributed by atoms with van der Waals surface area (Å²) in [5.74, 6) is 1.77. The topological polar surface area (TPSA) is 17.1 Å². The maximum Gasteiger partial charge on any atom is 0.142 e. The summed E-state index contributed by atoms with van der Waals surface area (Å²) in [6.07, 6.45) is 5.80. The van der Waals surface area contributed by atoms with Crippen molar-refractivity contribution in [1.82, 2.24) is 0 Å². The van der Waals surface area contributed by atoms with Crippen LogP contribution in [0.5, 0.6) is 0 Å². The van der Waals surface area contributed by atoms with E-state index < -0.39 is 0 Å². The van der Waals surface area contributed by atoms with Gasteiger partial charge in [0.05, 0.1) is 5.02 Å². The highest BCUT2D eigenvalue weighted by atomic mass is 35.5. The molecule has 0 aliphatic heterocycles.